The number of benzene rings is 2. The summed E-state index contributed by atoms with van der Waals surface area (Å²) in [6.07, 6.45) is 3.18. The third-order valence-electron chi connectivity index (χ3n) is 6.27. The zero-order chi connectivity index (χ0) is 24.0. The SMILES string of the molecule is O=C(NCc1ccccn1)c1nn(CCc2ccccc2)c2c1CN(C(=O)c1ccccc1)CC2. The van der Waals surface area contributed by atoms with Crippen LogP contribution in [0.25, 0.3) is 0 Å². The Bertz CT molecular complexity index is 1300. The smallest absolute Gasteiger partial charge is 0.272 e. The molecule has 7 nitrogen and oxygen atoms in total. The minimum Gasteiger partial charge on any atom is -0.345 e. The summed E-state index contributed by atoms with van der Waals surface area (Å²) in [5.41, 5.74) is 4.88. The highest BCUT2D eigenvalue weighted by molar-refractivity contribution is 5.96. The zero-order valence-corrected chi connectivity index (χ0v) is 19.4. The van der Waals surface area contributed by atoms with Gasteiger partial charge >= 0.3 is 0 Å². The average molecular weight is 466 g/mol. The molecule has 176 valence electrons. The quantitative estimate of drug-likeness (QED) is 0.452. The van der Waals surface area contributed by atoms with Crippen molar-refractivity contribution in [1.82, 2.24) is 25.0 Å². The molecule has 1 aliphatic rings. The molecule has 2 aromatic heterocycles. The number of fused-ring (bicyclic) bond motifs is 1. The molecule has 1 aliphatic heterocycles. The van der Waals surface area contributed by atoms with Crippen molar-refractivity contribution in [1.29, 1.82) is 0 Å². The van der Waals surface area contributed by atoms with E-state index in [-0.39, 0.29) is 11.8 Å². The molecule has 0 atom stereocenters. The van der Waals surface area contributed by atoms with Crippen LogP contribution in [0.3, 0.4) is 0 Å². The van der Waals surface area contributed by atoms with Gasteiger partial charge in [-0.3, -0.25) is 19.3 Å². The first kappa shape index (κ1) is 22.5. The van der Waals surface area contributed by atoms with Crippen molar-refractivity contribution < 1.29 is 9.59 Å². The Morgan fingerprint density at radius 2 is 1.66 bits per heavy atom. The van der Waals surface area contributed by atoms with Gasteiger partial charge in [-0.1, -0.05) is 54.6 Å². The average Bonchev–Trinajstić information content (AvgIpc) is 3.30. The fourth-order valence-electron chi connectivity index (χ4n) is 4.43. The lowest BCUT2D eigenvalue weighted by Gasteiger charge is -2.28. The van der Waals surface area contributed by atoms with Crippen molar-refractivity contribution in [3.05, 3.63) is 119 Å². The van der Waals surface area contributed by atoms with E-state index in [4.69, 9.17) is 5.10 Å². The van der Waals surface area contributed by atoms with Gasteiger partial charge in [0.05, 0.1) is 18.8 Å². The summed E-state index contributed by atoms with van der Waals surface area (Å²) < 4.78 is 1.95. The molecule has 0 saturated carbocycles. The Morgan fingerprint density at radius 1 is 0.914 bits per heavy atom. The van der Waals surface area contributed by atoms with Crippen LogP contribution in [0.5, 0.6) is 0 Å². The van der Waals surface area contributed by atoms with Crippen molar-refractivity contribution >= 4 is 11.8 Å². The molecule has 0 radical (unpaired) electrons. The molecule has 2 aromatic carbocycles. The normalized spacial score (nSPS) is 12.7. The fourth-order valence-corrected chi connectivity index (χ4v) is 4.43. The first-order valence-electron chi connectivity index (χ1n) is 11.8. The van der Waals surface area contributed by atoms with Gasteiger partial charge in [0.2, 0.25) is 0 Å². The highest BCUT2D eigenvalue weighted by Crippen LogP contribution is 2.25. The highest BCUT2D eigenvalue weighted by Gasteiger charge is 2.30. The minimum absolute atomic E-state index is 0.0341. The number of carbonyl (C=O) groups excluding carboxylic acids is 2. The predicted molar refractivity (Wildman–Crippen MR) is 133 cm³/mol. The van der Waals surface area contributed by atoms with Crippen LogP contribution in [-0.4, -0.2) is 38.0 Å². The number of pyridine rings is 1. The van der Waals surface area contributed by atoms with Gasteiger partial charge in [-0.05, 0) is 36.2 Å². The monoisotopic (exact) mass is 465 g/mol. The van der Waals surface area contributed by atoms with Crippen LogP contribution in [0.15, 0.2) is 85.1 Å². The number of nitrogens with zero attached hydrogens (tertiary/aromatic N) is 4. The van der Waals surface area contributed by atoms with Crippen LogP contribution in [0, 0.1) is 0 Å². The third kappa shape index (κ3) is 5.14. The van der Waals surface area contributed by atoms with Gasteiger partial charge in [-0.15, -0.1) is 0 Å². The maximum atomic E-state index is 13.2. The van der Waals surface area contributed by atoms with Gasteiger partial charge in [0, 0.05) is 42.5 Å². The second-order valence-electron chi connectivity index (χ2n) is 8.58. The van der Waals surface area contributed by atoms with Gasteiger partial charge in [0.1, 0.15) is 0 Å². The standard InChI is InChI=1S/C28H27N5O2/c34-27(30-19-23-13-7-8-16-29-23)26-24-20-32(28(35)22-11-5-2-6-12-22)17-15-25(24)33(31-26)18-14-21-9-3-1-4-10-21/h1-13,16H,14-15,17-20H2,(H,30,34). The number of nitrogens with one attached hydrogen (secondary N) is 1. The van der Waals surface area contributed by atoms with E-state index in [9.17, 15) is 9.59 Å². The van der Waals surface area contributed by atoms with E-state index in [0.29, 0.717) is 43.9 Å². The number of aryl methyl sites for hydroxylation is 2. The van der Waals surface area contributed by atoms with Crippen molar-refractivity contribution in [2.24, 2.45) is 0 Å². The Labute approximate surface area is 204 Å². The Balaban J connectivity index is 1.39. The molecule has 0 fully saturated rings. The molecular weight excluding hydrogens is 438 g/mol. The van der Waals surface area contributed by atoms with Crippen LogP contribution >= 0.6 is 0 Å². The number of amides is 2. The lowest BCUT2D eigenvalue weighted by atomic mass is 10.0. The molecule has 0 saturated heterocycles. The number of rotatable bonds is 7. The van der Waals surface area contributed by atoms with Crippen LogP contribution in [-0.2, 0) is 32.5 Å². The van der Waals surface area contributed by atoms with E-state index in [2.05, 4.69) is 22.4 Å². The van der Waals surface area contributed by atoms with Crippen molar-refractivity contribution in [2.75, 3.05) is 6.54 Å². The zero-order valence-electron chi connectivity index (χ0n) is 19.4. The molecule has 35 heavy (non-hydrogen) atoms. The van der Waals surface area contributed by atoms with Crippen molar-refractivity contribution in [3.8, 4) is 0 Å². The summed E-state index contributed by atoms with van der Waals surface area (Å²) in [6, 6.07) is 25.1. The number of hydrogen-bond acceptors (Lipinski definition) is 4. The Morgan fingerprint density at radius 3 is 2.40 bits per heavy atom. The second kappa shape index (κ2) is 10.3. The predicted octanol–water partition coefficient (Wildman–Crippen LogP) is 3.65. The van der Waals surface area contributed by atoms with Crippen LogP contribution < -0.4 is 5.32 Å². The molecule has 1 N–H and O–H groups in total. The van der Waals surface area contributed by atoms with Crippen molar-refractivity contribution in [2.45, 2.75) is 32.5 Å². The van der Waals surface area contributed by atoms with E-state index in [1.807, 2.05) is 71.4 Å². The summed E-state index contributed by atoms with van der Waals surface area (Å²) in [5, 5.41) is 7.68. The van der Waals surface area contributed by atoms with Gasteiger partial charge in [-0.2, -0.15) is 5.10 Å². The van der Waals surface area contributed by atoms with E-state index in [1.165, 1.54) is 5.56 Å². The topological polar surface area (TPSA) is 80.1 Å². The summed E-state index contributed by atoms with van der Waals surface area (Å²) in [6.45, 7) is 1.94. The Kier molecular flexibility index (Phi) is 6.66. The van der Waals surface area contributed by atoms with E-state index >= 15 is 0 Å². The number of hydrogen-bond donors (Lipinski definition) is 1. The largest absolute Gasteiger partial charge is 0.345 e. The van der Waals surface area contributed by atoms with Gasteiger partial charge in [0.15, 0.2) is 5.69 Å². The molecule has 3 heterocycles. The number of aromatic nitrogens is 3. The van der Waals surface area contributed by atoms with E-state index < -0.39 is 0 Å². The number of carbonyl (C=O) groups is 2. The third-order valence-corrected chi connectivity index (χ3v) is 6.27. The molecule has 0 unspecified atom stereocenters. The molecule has 7 heteroatoms. The summed E-state index contributed by atoms with van der Waals surface area (Å²) in [4.78, 5) is 32.4. The Hall–Kier alpha value is -4.26. The highest BCUT2D eigenvalue weighted by atomic mass is 16.2. The maximum Gasteiger partial charge on any atom is 0.272 e. The van der Waals surface area contributed by atoms with Crippen LogP contribution in [0.4, 0.5) is 0 Å². The van der Waals surface area contributed by atoms with Crippen molar-refractivity contribution in [3.63, 3.8) is 0 Å². The van der Waals surface area contributed by atoms with E-state index in [1.54, 1.807) is 11.1 Å². The molecule has 0 aliphatic carbocycles. The lowest BCUT2D eigenvalue weighted by Crippen LogP contribution is -2.37. The molecule has 5 rings (SSSR count). The fraction of sp³-hybridized carbons (Fsp3) is 0.214. The van der Waals surface area contributed by atoms with Gasteiger partial charge in [-0.25, -0.2) is 0 Å². The molecule has 0 spiro atoms. The first-order valence-corrected chi connectivity index (χ1v) is 11.8. The molecule has 2 amide bonds. The van der Waals surface area contributed by atoms with Crippen LogP contribution in [0.1, 0.15) is 43.4 Å². The first-order chi connectivity index (χ1) is 17.2. The molecular formula is C28H27N5O2. The molecule has 4 aromatic rings. The summed E-state index contributed by atoms with van der Waals surface area (Å²) >= 11 is 0. The maximum absolute atomic E-state index is 13.2. The van der Waals surface area contributed by atoms with Gasteiger partial charge < -0.3 is 10.2 Å². The minimum atomic E-state index is -0.251. The summed E-state index contributed by atoms with van der Waals surface area (Å²) in [5.74, 6) is -0.285. The van der Waals surface area contributed by atoms with E-state index in [0.717, 1.165) is 23.4 Å². The van der Waals surface area contributed by atoms with Gasteiger partial charge in [0.25, 0.3) is 11.8 Å². The summed E-state index contributed by atoms with van der Waals surface area (Å²) in [7, 11) is 0. The molecule has 0 bridgehead atoms. The van der Waals surface area contributed by atoms with Crippen LogP contribution in [0.2, 0.25) is 0 Å². The second-order valence-corrected chi connectivity index (χ2v) is 8.58. The lowest BCUT2D eigenvalue weighted by molar-refractivity contribution is 0.0730.